The minimum absolute atomic E-state index is 0.426. The topological polar surface area (TPSA) is 92.7 Å². The van der Waals surface area contributed by atoms with Crippen LogP contribution in [-0.4, -0.2) is 74.6 Å². The van der Waals surface area contributed by atoms with Gasteiger partial charge in [-0.05, 0) is 57.1 Å². The zero-order valence-electron chi connectivity index (χ0n) is 22.0. The first-order valence-corrected chi connectivity index (χ1v) is 13.8. The van der Waals surface area contributed by atoms with Gasteiger partial charge < -0.3 is 20.1 Å². The van der Waals surface area contributed by atoms with E-state index in [2.05, 4.69) is 49.7 Å². The molecule has 0 radical (unpaired) electrons. The van der Waals surface area contributed by atoms with Crippen molar-refractivity contribution in [1.29, 1.82) is 0 Å². The average Bonchev–Trinajstić information content (AvgIpc) is 3.24. The summed E-state index contributed by atoms with van der Waals surface area (Å²) in [5.41, 5.74) is 8.73. The third kappa shape index (κ3) is 5.86. The number of pyridine rings is 2. The summed E-state index contributed by atoms with van der Waals surface area (Å²) in [4.78, 5) is 13.9. The van der Waals surface area contributed by atoms with E-state index in [1.165, 1.54) is 0 Å². The smallest absolute Gasteiger partial charge is 0.133 e. The van der Waals surface area contributed by atoms with Crippen LogP contribution in [0.5, 0.6) is 0 Å². The molecule has 0 spiro atoms. The number of benzene rings is 1. The zero-order chi connectivity index (χ0) is 26.5. The van der Waals surface area contributed by atoms with Crippen LogP contribution in [0.1, 0.15) is 31.2 Å². The molecule has 1 fully saturated rings. The minimum atomic E-state index is -1.03. The van der Waals surface area contributed by atoms with Crippen LogP contribution in [0.3, 0.4) is 0 Å². The van der Waals surface area contributed by atoms with Crippen LogP contribution in [0.25, 0.3) is 21.8 Å². The van der Waals surface area contributed by atoms with Crippen molar-refractivity contribution in [3.63, 3.8) is 0 Å². The lowest BCUT2D eigenvalue weighted by molar-refractivity contribution is -0.136. The van der Waals surface area contributed by atoms with Gasteiger partial charge in [0.25, 0.3) is 0 Å². The van der Waals surface area contributed by atoms with Gasteiger partial charge in [-0.1, -0.05) is 29.8 Å². The van der Waals surface area contributed by atoms with Crippen molar-refractivity contribution >= 4 is 33.4 Å². The number of hydrogen-bond acceptors (Lipinski definition) is 7. The van der Waals surface area contributed by atoms with E-state index in [1.807, 2.05) is 25.3 Å². The lowest BCUT2D eigenvalue weighted by Crippen LogP contribution is -2.53. The van der Waals surface area contributed by atoms with E-state index >= 15 is 0 Å². The number of hydrogen-bond donors (Lipinski definition) is 2. The van der Waals surface area contributed by atoms with Gasteiger partial charge in [-0.2, -0.15) is 0 Å². The van der Waals surface area contributed by atoms with E-state index in [4.69, 9.17) is 27.1 Å². The molecule has 1 aliphatic rings. The Labute approximate surface area is 229 Å². The fourth-order valence-electron chi connectivity index (χ4n) is 5.45. The van der Waals surface area contributed by atoms with E-state index in [9.17, 15) is 5.11 Å². The van der Waals surface area contributed by atoms with Crippen LogP contribution in [0.15, 0.2) is 54.9 Å². The summed E-state index contributed by atoms with van der Waals surface area (Å²) in [6, 6.07) is 14.2. The van der Waals surface area contributed by atoms with Crippen LogP contribution < -0.4 is 5.73 Å². The summed E-state index contributed by atoms with van der Waals surface area (Å²) >= 11 is 6.48. The average molecular weight is 537 g/mol. The second kappa shape index (κ2) is 12.1. The monoisotopic (exact) mass is 536 g/mol. The van der Waals surface area contributed by atoms with E-state index in [0.29, 0.717) is 57.5 Å². The molecule has 4 heterocycles. The Morgan fingerprint density at radius 3 is 2.55 bits per heavy atom. The molecule has 1 atom stereocenters. The molecule has 5 rings (SSSR count). The molecule has 1 aliphatic heterocycles. The number of aliphatic hydroxyl groups is 1. The normalized spacial score (nSPS) is 16.4. The van der Waals surface area contributed by atoms with Crippen LogP contribution in [0.2, 0.25) is 5.02 Å². The third-order valence-electron chi connectivity index (χ3n) is 7.41. The highest BCUT2D eigenvalue weighted by molar-refractivity contribution is 6.31. The molecule has 9 heteroatoms. The maximum absolute atomic E-state index is 11.7. The van der Waals surface area contributed by atoms with Crippen molar-refractivity contribution in [1.82, 2.24) is 24.3 Å². The third-order valence-corrected chi connectivity index (χ3v) is 7.76. The Balaban J connectivity index is 1.54. The second-order valence-corrected chi connectivity index (χ2v) is 10.6. The Morgan fingerprint density at radius 1 is 1.00 bits per heavy atom. The Hall–Kier alpha value is -2.59. The highest BCUT2D eigenvalue weighted by Gasteiger charge is 2.32. The quantitative estimate of drug-likeness (QED) is 0.280. The highest BCUT2D eigenvalue weighted by atomic mass is 35.5. The molecule has 0 aliphatic carbocycles. The Bertz CT molecular complexity index is 1370. The fraction of sp³-hybridized carbons (Fsp3) is 0.448. The molecule has 3 N–H and O–H groups in total. The maximum atomic E-state index is 11.7. The minimum Gasteiger partial charge on any atom is -0.379 e. The Morgan fingerprint density at radius 2 is 1.76 bits per heavy atom. The van der Waals surface area contributed by atoms with Gasteiger partial charge in [-0.25, -0.2) is 0 Å². The summed E-state index contributed by atoms with van der Waals surface area (Å²) < 4.78 is 7.78. The summed E-state index contributed by atoms with van der Waals surface area (Å²) in [6.45, 7) is 7.76. The van der Waals surface area contributed by atoms with Gasteiger partial charge in [0, 0.05) is 54.9 Å². The number of nitrogens with zero attached hydrogens (tertiary/aromatic N) is 5. The van der Waals surface area contributed by atoms with Crippen molar-refractivity contribution in [2.75, 3.05) is 39.4 Å². The number of halogens is 1. The van der Waals surface area contributed by atoms with Gasteiger partial charge in [0.05, 0.1) is 41.7 Å². The van der Waals surface area contributed by atoms with E-state index in [1.54, 1.807) is 6.20 Å². The van der Waals surface area contributed by atoms with E-state index in [-0.39, 0.29) is 0 Å². The van der Waals surface area contributed by atoms with Crippen LogP contribution in [0.4, 0.5) is 0 Å². The number of unbranched alkanes of at least 4 members (excludes halogenated alkanes) is 1. The first-order chi connectivity index (χ1) is 18.5. The number of fused-ring (bicyclic) bond motifs is 3. The molecule has 3 aromatic heterocycles. The van der Waals surface area contributed by atoms with Crippen molar-refractivity contribution < 1.29 is 9.84 Å². The molecule has 202 valence electrons. The van der Waals surface area contributed by atoms with Gasteiger partial charge in [0.1, 0.15) is 5.72 Å². The zero-order valence-corrected chi connectivity index (χ0v) is 22.8. The molecule has 1 aromatic carbocycles. The fourth-order valence-corrected chi connectivity index (χ4v) is 5.63. The number of para-hydroxylation sites is 1. The number of nitrogens with two attached hydrogens (primary N) is 1. The maximum Gasteiger partial charge on any atom is 0.133 e. The number of ether oxygens (including phenoxy) is 1. The molecule has 0 amide bonds. The molecular formula is C29H37ClN6O2. The molecule has 38 heavy (non-hydrogen) atoms. The lowest BCUT2D eigenvalue weighted by Gasteiger charge is -2.39. The molecule has 1 saturated heterocycles. The number of rotatable bonds is 11. The predicted octanol–water partition coefficient (Wildman–Crippen LogP) is 4.02. The van der Waals surface area contributed by atoms with Crippen molar-refractivity contribution in [2.24, 2.45) is 5.73 Å². The highest BCUT2D eigenvalue weighted by Crippen LogP contribution is 2.33. The van der Waals surface area contributed by atoms with Gasteiger partial charge in [-0.15, -0.1) is 0 Å². The van der Waals surface area contributed by atoms with Crippen LogP contribution in [-0.2, 0) is 24.4 Å². The van der Waals surface area contributed by atoms with Crippen LogP contribution >= 0.6 is 11.6 Å². The van der Waals surface area contributed by atoms with E-state index in [0.717, 1.165) is 52.6 Å². The Kier molecular flexibility index (Phi) is 8.57. The lowest BCUT2D eigenvalue weighted by atomic mass is 10.1. The first-order valence-electron chi connectivity index (χ1n) is 13.4. The summed E-state index contributed by atoms with van der Waals surface area (Å²) in [5, 5.41) is 14.6. The molecule has 8 nitrogen and oxygen atoms in total. The number of morpholine rings is 1. The summed E-state index contributed by atoms with van der Waals surface area (Å²) in [6.07, 6.45) is 5.60. The van der Waals surface area contributed by atoms with Gasteiger partial charge in [-0.3, -0.25) is 19.8 Å². The molecule has 4 aromatic rings. The molecule has 0 saturated carbocycles. The van der Waals surface area contributed by atoms with Crippen molar-refractivity contribution in [2.45, 2.75) is 45.1 Å². The SMILES string of the molecule is CC(O)(Cn1c2ccccc2c2ccnc(CN(CCCCN)Cc3ncccc3Cl)c21)N1CCOCC1. The summed E-state index contributed by atoms with van der Waals surface area (Å²) in [7, 11) is 0. The summed E-state index contributed by atoms with van der Waals surface area (Å²) in [5.74, 6) is 0. The molecule has 0 bridgehead atoms. The van der Waals surface area contributed by atoms with Gasteiger partial charge in [0.2, 0.25) is 0 Å². The van der Waals surface area contributed by atoms with Gasteiger partial charge in [0.15, 0.2) is 0 Å². The molecule has 1 unspecified atom stereocenters. The van der Waals surface area contributed by atoms with Crippen molar-refractivity contribution in [3.8, 4) is 0 Å². The standard InChI is InChI=1S/C29H37ClN6O2/c1-29(37,35-15-17-38-18-16-35)21-36-27-9-3-2-7-22(27)23-10-13-33-26(28(23)36)20-34(14-5-4-11-31)19-25-24(30)8-6-12-32-25/h2-3,6-10,12-13,37H,4-5,11,14-21,31H2,1H3. The largest absolute Gasteiger partial charge is 0.379 e. The van der Waals surface area contributed by atoms with Gasteiger partial charge >= 0.3 is 0 Å². The van der Waals surface area contributed by atoms with Crippen LogP contribution in [0, 0.1) is 0 Å². The van der Waals surface area contributed by atoms with E-state index < -0.39 is 5.72 Å². The number of aromatic nitrogens is 3. The molecular weight excluding hydrogens is 500 g/mol. The second-order valence-electron chi connectivity index (χ2n) is 10.2. The predicted molar refractivity (Wildman–Crippen MR) is 152 cm³/mol. The van der Waals surface area contributed by atoms with Crippen molar-refractivity contribution in [3.05, 3.63) is 71.3 Å². The first kappa shape index (κ1) is 27.0.